The predicted molar refractivity (Wildman–Crippen MR) is 137 cm³/mol. The van der Waals surface area contributed by atoms with E-state index >= 15 is 0 Å². The molecule has 0 radical (unpaired) electrons. The lowest BCUT2D eigenvalue weighted by Gasteiger charge is -2.43. The summed E-state index contributed by atoms with van der Waals surface area (Å²) in [7, 11) is 0. The number of aliphatic carboxylic acids is 1. The minimum Gasteiger partial charge on any atom is -0.480 e. The molecule has 1 aromatic heterocycles. The zero-order valence-electron chi connectivity index (χ0n) is 20.4. The first-order chi connectivity index (χ1) is 18.3. The van der Waals surface area contributed by atoms with Gasteiger partial charge >= 0.3 is 11.9 Å². The SMILES string of the molecule is CCOC(=O)C1=C(CN2CCN3C(=O)CCC3C2C(=O)O)NC(c2nccs2)=NC1c1cccc(F)c1Cl. The van der Waals surface area contributed by atoms with Gasteiger partial charge in [-0.05, 0) is 19.4 Å². The quantitative estimate of drug-likeness (QED) is 0.494. The van der Waals surface area contributed by atoms with Gasteiger partial charge in [0.1, 0.15) is 17.9 Å². The first kappa shape index (κ1) is 26.3. The third-order valence-corrected chi connectivity index (χ3v) is 8.09. The van der Waals surface area contributed by atoms with E-state index < -0.39 is 35.9 Å². The molecule has 0 bridgehead atoms. The standard InChI is InChI=1S/C25H25ClFN5O5S/c1-2-37-25(36)18-15(12-31-9-10-32-16(6-7-17(32)33)21(31)24(34)35)29-22(23-28-8-11-38-23)30-20(18)13-4-3-5-14(27)19(13)26/h3-5,8,11,16,20-21H,2,6-7,9-10,12H2,1H3,(H,29,30)(H,34,35). The molecule has 2 aromatic rings. The highest BCUT2D eigenvalue weighted by molar-refractivity contribution is 7.11. The van der Waals surface area contributed by atoms with Gasteiger partial charge in [0.2, 0.25) is 5.91 Å². The van der Waals surface area contributed by atoms with Crippen LogP contribution >= 0.6 is 22.9 Å². The molecule has 3 atom stereocenters. The van der Waals surface area contributed by atoms with E-state index in [1.54, 1.807) is 34.4 Å². The third-order valence-electron chi connectivity index (χ3n) is 6.91. The summed E-state index contributed by atoms with van der Waals surface area (Å²) in [5.41, 5.74) is 0.732. The number of carboxylic acids is 1. The summed E-state index contributed by atoms with van der Waals surface area (Å²) in [6.45, 7) is 2.44. The number of nitrogens with one attached hydrogen (secondary N) is 1. The Morgan fingerprint density at radius 2 is 2.16 bits per heavy atom. The van der Waals surface area contributed by atoms with Gasteiger partial charge in [0, 0.05) is 48.9 Å². The van der Waals surface area contributed by atoms with E-state index in [1.165, 1.54) is 23.5 Å². The average Bonchev–Trinajstić information content (AvgIpc) is 3.55. The van der Waals surface area contributed by atoms with Crippen molar-refractivity contribution in [2.45, 2.75) is 37.9 Å². The van der Waals surface area contributed by atoms with Crippen molar-refractivity contribution in [2.24, 2.45) is 4.99 Å². The fourth-order valence-corrected chi connectivity index (χ4v) is 6.09. The fourth-order valence-electron chi connectivity index (χ4n) is 5.27. The van der Waals surface area contributed by atoms with E-state index in [0.717, 1.165) is 0 Å². The molecule has 2 fully saturated rings. The maximum Gasteiger partial charge on any atom is 0.338 e. The van der Waals surface area contributed by atoms with Crippen molar-refractivity contribution in [3.8, 4) is 0 Å². The number of amidine groups is 1. The summed E-state index contributed by atoms with van der Waals surface area (Å²) in [6.07, 6.45) is 2.35. The number of aliphatic imine (C=N–C) groups is 1. The van der Waals surface area contributed by atoms with E-state index in [2.05, 4.69) is 10.3 Å². The maximum atomic E-state index is 14.5. The first-order valence-corrected chi connectivity index (χ1v) is 13.4. The summed E-state index contributed by atoms with van der Waals surface area (Å²) in [5.74, 6) is -2.10. The lowest BCUT2D eigenvalue weighted by molar-refractivity contribution is -0.149. The fraction of sp³-hybridized carbons (Fsp3) is 0.400. The molecule has 3 unspecified atom stereocenters. The van der Waals surface area contributed by atoms with Crippen molar-refractivity contribution in [3.05, 3.63) is 62.5 Å². The Kier molecular flexibility index (Phi) is 7.46. The number of hydrogen-bond donors (Lipinski definition) is 2. The number of esters is 1. The van der Waals surface area contributed by atoms with Gasteiger partial charge < -0.3 is 20.1 Å². The van der Waals surface area contributed by atoms with Gasteiger partial charge in [0.15, 0.2) is 10.8 Å². The number of carboxylic acid groups (broad SMARTS) is 1. The lowest BCUT2D eigenvalue weighted by atomic mass is 9.94. The Morgan fingerprint density at radius 1 is 1.34 bits per heavy atom. The molecule has 4 heterocycles. The molecule has 13 heteroatoms. The van der Waals surface area contributed by atoms with E-state index in [1.807, 2.05) is 0 Å². The van der Waals surface area contributed by atoms with Gasteiger partial charge in [-0.1, -0.05) is 23.7 Å². The summed E-state index contributed by atoms with van der Waals surface area (Å²) >= 11 is 7.67. The van der Waals surface area contributed by atoms with Crippen LogP contribution in [0, 0.1) is 5.82 Å². The van der Waals surface area contributed by atoms with Crippen LogP contribution in [0.2, 0.25) is 5.02 Å². The number of benzene rings is 1. The van der Waals surface area contributed by atoms with Gasteiger partial charge in [-0.2, -0.15) is 0 Å². The van der Waals surface area contributed by atoms with Crippen LogP contribution in [0.4, 0.5) is 4.39 Å². The first-order valence-electron chi connectivity index (χ1n) is 12.1. The van der Waals surface area contributed by atoms with Crippen LogP contribution < -0.4 is 5.32 Å². The Balaban J connectivity index is 1.61. The molecular formula is C25H25ClFN5O5S. The van der Waals surface area contributed by atoms with E-state index in [9.17, 15) is 23.9 Å². The molecule has 38 heavy (non-hydrogen) atoms. The zero-order chi connectivity index (χ0) is 27.0. The number of halogens is 2. The second-order valence-electron chi connectivity index (χ2n) is 9.04. The molecule has 5 rings (SSSR count). The molecular weight excluding hydrogens is 537 g/mol. The van der Waals surface area contributed by atoms with E-state index in [0.29, 0.717) is 35.9 Å². The number of hydrogen-bond acceptors (Lipinski definition) is 9. The topological polar surface area (TPSA) is 124 Å². The Bertz CT molecular complexity index is 1330. The number of carbonyl (C=O) groups excluding carboxylic acids is 2. The molecule has 3 aliphatic heterocycles. The van der Waals surface area contributed by atoms with Crippen LogP contribution in [0.25, 0.3) is 0 Å². The van der Waals surface area contributed by atoms with Crippen molar-refractivity contribution in [1.29, 1.82) is 0 Å². The number of piperazine rings is 1. The number of carbonyl (C=O) groups is 3. The van der Waals surface area contributed by atoms with Crippen LogP contribution in [-0.4, -0.2) is 81.9 Å². The normalized spacial score (nSPS) is 23.7. The molecule has 2 N–H and O–H groups in total. The molecule has 1 aromatic carbocycles. The molecule has 1 amide bonds. The van der Waals surface area contributed by atoms with Crippen molar-refractivity contribution < 1.29 is 28.6 Å². The number of amides is 1. The van der Waals surface area contributed by atoms with Gasteiger partial charge in [-0.15, -0.1) is 11.3 Å². The second kappa shape index (κ2) is 10.8. The van der Waals surface area contributed by atoms with E-state index in [-0.39, 0.29) is 41.8 Å². The highest BCUT2D eigenvalue weighted by atomic mass is 35.5. The maximum absolute atomic E-state index is 14.5. The minimum atomic E-state index is -1.05. The monoisotopic (exact) mass is 561 g/mol. The van der Waals surface area contributed by atoms with E-state index in [4.69, 9.17) is 21.3 Å². The smallest absolute Gasteiger partial charge is 0.338 e. The van der Waals surface area contributed by atoms with Crippen LogP contribution in [0.15, 0.2) is 46.0 Å². The zero-order valence-corrected chi connectivity index (χ0v) is 22.0. The Morgan fingerprint density at radius 3 is 2.87 bits per heavy atom. The summed E-state index contributed by atoms with van der Waals surface area (Å²) in [6, 6.07) is 1.83. The number of rotatable bonds is 7. The van der Waals surface area contributed by atoms with Gasteiger partial charge in [-0.3, -0.25) is 19.5 Å². The van der Waals surface area contributed by atoms with Crippen LogP contribution in [0.3, 0.4) is 0 Å². The van der Waals surface area contributed by atoms with Gasteiger partial charge in [0.05, 0.1) is 23.2 Å². The molecule has 0 spiro atoms. The minimum absolute atomic E-state index is 0.0253. The third kappa shape index (κ3) is 4.79. The highest BCUT2D eigenvalue weighted by Gasteiger charge is 2.47. The van der Waals surface area contributed by atoms with Crippen LogP contribution in [-0.2, 0) is 19.1 Å². The van der Waals surface area contributed by atoms with Crippen molar-refractivity contribution >= 4 is 46.6 Å². The van der Waals surface area contributed by atoms with Gasteiger partial charge in [0.25, 0.3) is 0 Å². The number of aromatic nitrogens is 1. The number of thiazole rings is 1. The molecule has 2 saturated heterocycles. The summed E-state index contributed by atoms with van der Waals surface area (Å²) in [4.78, 5) is 50.4. The lowest BCUT2D eigenvalue weighted by Crippen LogP contribution is -2.62. The van der Waals surface area contributed by atoms with Crippen molar-refractivity contribution in [1.82, 2.24) is 20.1 Å². The number of ether oxygens (including phenoxy) is 1. The van der Waals surface area contributed by atoms with Crippen molar-refractivity contribution in [2.75, 3.05) is 26.2 Å². The van der Waals surface area contributed by atoms with Crippen LogP contribution in [0.5, 0.6) is 0 Å². The van der Waals surface area contributed by atoms with Crippen LogP contribution in [0.1, 0.15) is 36.4 Å². The second-order valence-corrected chi connectivity index (χ2v) is 10.3. The largest absolute Gasteiger partial charge is 0.480 e. The molecule has 200 valence electrons. The Hall–Kier alpha value is -3.35. The molecule has 10 nitrogen and oxygen atoms in total. The highest BCUT2D eigenvalue weighted by Crippen LogP contribution is 2.38. The summed E-state index contributed by atoms with van der Waals surface area (Å²) < 4.78 is 19.9. The Labute approximate surface area is 226 Å². The molecule has 0 aliphatic carbocycles. The molecule has 0 saturated carbocycles. The van der Waals surface area contributed by atoms with Gasteiger partial charge in [-0.25, -0.2) is 14.2 Å². The number of fused-ring (bicyclic) bond motifs is 1. The predicted octanol–water partition coefficient (Wildman–Crippen LogP) is 2.60. The average molecular weight is 562 g/mol. The molecule has 3 aliphatic rings. The number of nitrogens with zero attached hydrogens (tertiary/aromatic N) is 4. The summed E-state index contributed by atoms with van der Waals surface area (Å²) in [5, 5.41) is 15.4. The van der Waals surface area contributed by atoms with Crippen molar-refractivity contribution in [3.63, 3.8) is 0 Å².